The normalized spacial score (nSPS) is 22.1. The van der Waals surface area contributed by atoms with E-state index in [1.165, 1.54) is 13.8 Å². The van der Waals surface area contributed by atoms with Crippen LogP contribution in [0.4, 0.5) is 0 Å². The van der Waals surface area contributed by atoms with E-state index in [1.54, 1.807) is 30.5 Å². The third-order valence-electron chi connectivity index (χ3n) is 18.2. The number of hydrogen-bond donors (Lipinski definition) is 21. The molecule has 0 aliphatic carbocycles. The van der Waals surface area contributed by atoms with E-state index < -0.39 is 255 Å². The molecule has 114 heavy (non-hydrogen) atoms. The molecule has 43 heteroatoms. The van der Waals surface area contributed by atoms with Crippen LogP contribution in [-0.4, -0.2) is 278 Å². The van der Waals surface area contributed by atoms with Crippen molar-refractivity contribution in [3.05, 3.63) is 36.0 Å². The van der Waals surface area contributed by atoms with E-state index in [0.29, 0.717) is 34.2 Å². The van der Waals surface area contributed by atoms with Crippen molar-refractivity contribution in [2.24, 2.45) is 23.3 Å². The first-order valence-electron chi connectivity index (χ1n) is 37.0. The minimum Gasteiger partial charge on any atom is -0.481 e. The number of aliphatic hydroxyl groups excluding tert-OH is 2. The zero-order valence-corrected chi connectivity index (χ0v) is 64.6. The molecular weight excluding hydrogens is 1510 g/mol. The maximum atomic E-state index is 14.9. The van der Waals surface area contributed by atoms with Gasteiger partial charge in [0, 0.05) is 50.5 Å². The minimum atomic E-state index is -2.79. The highest BCUT2D eigenvalue weighted by molar-refractivity contribution is 6.02. The number of aliphatic hydroxyl groups is 2. The summed E-state index contributed by atoms with van der Waals surface area (Å²) < 4.78 is 10.7. The average molecular weight is 1620 g/mol. The number of unbranched alkanes of at least 4 members (excludes halogenated alkanes) is 7. The third-order valence-corrected chi connectivity index (χ3v) is 18.2. The second-order valence-electron chi connectivity index (χ2n) is 27.8. The number of carbonyl (C=O) groups excluding carboxylic acids is 15. The first-order valence-corrected chi connectivity index (χ1v) is 37.0. The Hall–Kier alpha value is -11.5. The van der Waals surface area contributed by atoms with Crippen LogP contribution in [0.1, 0.15) is 143 Å². The highest BCUT2D eigenvalue weighted by Gasteiger charge is 2.44. The zero-order chi connectivity index (χ0) is 85.8. The number of nitrogens with zero attached hydrogens (tertiary/aromatic N) is 1. The second kappa shape index (κ2) is 48.4. The minimum absolute atomic E-state index is 0.0177. The van der Waals surface area contributed by atoms with Gasteiger partial charge in [0.1, 0.15) is 72.6 Å². The Bertz CT molecular complexity index is 3740. The molecule has 15 unspecified atom stereocenters. The van der Waals surface area contributed by atoms with Crippen molar-refractivity contribution in [2.45, 2.75) is 229 Å². The van der Waals surface area contributed by atoms with Gasteiger partial charge in [-0.15, -0.1) is 0 Å². The van der Waals surface area contributed by atoms with Crippen molar-refractivity contribution in [3.8, 4) is 0 Å². The molecule has 43 nitrogen and oxygen atoms in total. The lowest BCUT2D eigenvalue weighted by atomic mass is 9.95. The summed E-state index contributed by atoms with van der Waals surface area (Å²) in [5.41, 5.74) is 12.3. The molecule has 14 amide bonds. The van der Waals surface area contributed by atoms with E-state index >= 15 is 0 Å². The summed E-state index contributed by atoms with van der Waals surface area (Å²) in [7, 11) is 1.71. The van der Waals surface area contributed by atoms with Crippen molar-refractivity contribution >= 4 is 123 Å². The Morgan fingerprint density at radius 1 is 0.649 bits per heavy atom. The van der Waals surface area contributed by atoms with E-state index in [9.17, 15) is 122 Å². The number of para-hydroxylation sites is 1. The number of cyclic esters (lactones) is 1. The van der Waals surface area contributed by atoms with Crippen LogP contribution < -0.4 is 75.3 Å². The highest BCUT2D eigenvalue weighted by Crippen LogP contribution is 2.21. The Morgan fingerprint density at radius 2 is 1.25 bits per heavy atom. The van der Waals surface area contributed by atoms with Crippen LogP contribution in [0, 0.1) is 11.8 Å². The number of likely N-dealkylation sites (N-methyl/N-ethyl adjacent to an activating group) is 1. The van der Waals surface area contributed by atoms with Crippen molar-refractivity contribution in [1.82, 2.24) is 73.7 Å². The Labute approximate surface area is 654 Å². The number of aromatic amines is 1. The molecule has 1 aromatic carbocycles. The fourth-order valence-electron chi connectivity index (χ4n) is 11.8. The van der Waals surface area contributed by atoms with Crippen molar-refractivity contribution in [1.29, 1.82) is 0 Å². The van der Waals surface area contributed by atoms with Gasteiger partial charge in [0.2, 0.25) is 82.7 Å². The number of carboxylic acids is 4. The number of primary amides is 1. The van der Waals surface area contributed by atoms with Gasteiger partial charge >= 0.3 is 29.8 Å². The maximum Gasteiger partial charge on any atom is 0.335 e. The number of esters is 1. The smallest absolute Gasteiger partial charge is 0.335 e. The van der Waals surface area contributed by atoms with Gasteiger partial charge in [-0.1, -0.05) is 84.4 Å². The van der Waals surface area contributed by atoms with Gasteiger partial charge in [-0.25, -0.2) is 9.59 Å². The monoisotopic (exact) mass is 1620 g/mol. The molecule has 1 fully saturated rings. The molecule has 23 N–H and O–H groups in total. The number of H-pyrrole nitrogens is 1. The Balaban J connectivity index is 2.25. The highest BCUT2D eigenvalue weighted by atomic mass is 16.5. The van der Waals surface area contributed by atoms with E-state index in [4.69, 9.17) is 20.9 Å². The van der Waals surface area contributed by atoms with E-state index in [0.717, 1.165) is 67.0 Å². The number of amides is 14. The van der Waals surface area contributed by atoms with Crippen LogP contribution in [-0.2, 0) is 107 Å². The molecule has 2 heterocycles. The van der Waals surface area contributed by atoms with Gasteiger partial charge < -0.3 is 125 Å². The number of nitrogens with one attached hydrogen (secondary N) is 13. The van der Waals surface area contributed by atoms with Gasteiger partial charge in [0.15, 0.2) is 12.2 Å². The van der Waals surface area contributed by atoms with Gasteiger partial charge in [0.05, 0.1) is 32.5 Å². The number of fused-ring (bicyclic) bond motifs is 1. The number of carboxylic acid groups (broad SMARTS) is 4. The largest absolute Gasteiger partial charge is 0.481 e. The number of benzene rings is 1. The van der Waals surface area contributed by atoms with Crippen molar-refractivity contribution in [2.75, 3.05) is 40.4 Å². The molecule has 0 spiro atoms. The van der Waals surface area contributed by atoms with Gasteiger partial charge in [-0.2, -0.15) is 0 Å². The molecule has 2 aromatic rings. The van der Waals surface area contributed by atoms with Crippen LogP contribution in [0.2, 0.25) is 0 Å². The number of methoxy groups -OCH3 is 1. The molecule has 1 aliphatic heterocycles. The lowest BCUT2D eigenvalue weighted by molar-refractivity contribution is -0.159. The first kappa shape index (κ1) is 96.7. The summed E-state index contributed by atoms with van der Waals surface area (Å²) in [5, 5.41) is 88.4. The number of hydrogen-bond acceptors (Lipinski definition) is 24. The number of ether oxygens (including phenoxy) is 2. The second-order valence-corrected chi connectivity index (χ2v) is 27.8. The summed E-state index contributed by atoms with van der Waals surface area (Å²) in [6, 6.07) is -15.5. The summed E-state index contributed by atoms with van der Waals surface area (Å²) in [6.45, 7) is 4.24. The van der Waals surface area contributed by atoms with Crippen LogP contribution in [0.25, 0.3) is 10.9 Å². The summed E-state index contributed by atoms with van der Waals surface area (Å²) in [5.74, 6) is -29.5. The number of rotatable bonds is 36. The van der Waals surface area contributed by atoms with Crippen molar-refractivity contribution < 1.29 is 131 Å². The lowest BCUT2D eigenvalue weighted by Gasteiger charge is -2.32. The molecule has 1 aromatic heterocycles. The van der Waals surface area contributed by atoms with Gasteiger partial charge in [-0.05, 0) is 76.0 Å². The molecule has 634 valence electrons. The average Bonchev–Trinajstić information content (AvgIpc) is 1.41. The molecule has 1 aliphatic rings. The van der Waals surface area contributed by atoms with Gasteiger partial charge in [-0.3, -0.25) is 81.5 Å². The van der Waals surface area contributed by atoms with E-state index in [1.807, 2.05) is 16.0 Å². The quantitative estimate of drug-likeness (QED) is 0.0223. The maximum absolute atomic E-state index is 14.9. The van der Waals surface area contributed by atoms with Crippen molar-refractivity contribution in [3.63, 3.8) is 0 Å². The molecule has 0 bridgehead atoms. The number of aliphatic carboxylic acids is 4. The fourth-order valence-corrected chi connectivity index (χ4v) is 11.8. The molecule has 3 rings (SSSR count). The van der Waals surface area contributed by atoms with E-state index in [2.05, 4.69) is 59.8 Å². The molecule has 1 saturated heterocycles. The van der Waals surface area contributed by atoms with Crippen LogP contribution >= 0.6 is 0 Å². The summed E-state index contributed by atoms with van der Waals surface area (Å²) >= 11 is 0. The van der Waals surface area contributed by atoms with E-state index in [-0.39, 0.29) is 38.6 Å². The Kier molecular flexibility index (Phi) is 41.1. The molecular formula is C71H108N16O27. The standard InChI is InChI=1S/C71H108N16O27/c1-9-10-11-12-13-14-15-23-46(89)77-43(28-38-30-74-40-21-17-16-20-39(38)40)63(103)80-42(24-25-49(92)93)62(102)85-55(57(98)59(73)99)68(108)84-54-37(6)114-71(112)52(34(2)3)82-67(107)53(35(4)27-50(94)95)83-65(105)45(33-88)78-47(90)31-75-66(106)56(58(113-8)70(110)111)86-61(101)41(22-18-19-26-72)79-64(104)44(29-51(96)97)81-60(100)36(5)76-48(91)32-87(7)69(54)109/h16-17,20-21,30,34-37,41-45,52-58,74,88,98H,9-15,18-19,22-29,31-33,72H2,1-8H3,(H2,73,99)(H,75,106)(H,76,91)(H,77,89)(H,78,90)(H,79,104)(H,80,103)(H,81,100)(H,82,107)(H,83,105)(H,84,108)(H,85,102)(H,86,101)(H,92,93)(H,94,95)(H,96,97)(H,110,111). The molecule has 0 radical (unpaired) electrons. The number of carbonyl (C=O) groups is 19. The van der Waals surface area contributed by atoms with Gasteiger partial charge in [0.25, 0.3) is 0 Å². The fraction of sp³-hybridized carbons (Fsp3) is 0.620. The topological polar surface area (TPSA) is 680 Å². The number of nitrogens with two attached hydrogens (primary N) is 2. The lowest BCUT2D eigenvalue weighted by Crippen LogP contribution is -2.64. The number of aromatic nitrogens is 1. The summed E-state index contributed by atoms with van der Waals surface area (Å²) in [4.78, 5) is 264. The zero-order valence-electron chi connectivity index (χ0n) is 64.6. The predicted molar refractivity (Wildman–Crippen MR) is 397 cm³/mol. The van der Waals surface area contributed by atoms with Crippen LogP contribution in [0.5, 0.6) is 0 Å². The molecule has 0 saturated carbocycles. The van der Waals surface area contributed by atoms with Crippen LogP contribution in [0.3, 0.4) is 0 Å². The third kappa shape index (κ3) is 32.0. The SMILES string of the molecule is CCCCCCCCCC(=O)NC(Cc1c[nH]c2ccccc12)C(=O)NC(CCC(=O)O)C(=O)NC(C(=O)NC1C(=O)N(C)CC(=O)NC(C)C(=O)NC(CC(=O)O)C(=O)NC(CCCCN)C(=O)NC(C(OC)C(=O)O)C(=O)NCC(=O)NC(CO)C(=O)NC(C(C)CC(=O)O)C(=O)NC(C(C)C)C(=O)OC1C)C(O)C(N)=O. The Morgan fingerprint density at radius 3 is 1.85 bits per heavy atom. The summed E-state index contributed by atoms with van der Waals surface area (Å²) in [6.07, 6.45) is -3.71. The molecule has 15 atom stereocenters. The predicted octanol–water partition coefficient (Wildman–Crippen LogP) is -6.10. The first-order chi connectivity index (χ1) is 53.7. The van der Waals surface area contributed by atoms with Crippen LogP contribution in [0.15, 0.2) is 30.5 Å².